The number of pyridine rings is 1. The summed E-state index contributed by atoms with van der Waals surface area (Å²) in [6.45, 7) is 1.93. The van der Waals surface area contributed by atoms with Crippen molar-refractivity contribution in [2.75, 3.05) is 13.1 Å². The summed E-state index contributed by atoms with van der Waals surface area (Å²) in [5, 5.41) is 11.0. The maximum Gasteiger partial charge on any atom is 0.348 e. The van der Waals surface area contributed by atoms with Crippen molar-refractivity contribution in [3.8, 4) is 11.3 Å². The van der Waals surface area contributed by atoms with Gasteiger partial charge in [0.25, 0.3) is 0 Å². The van der Waals surface area contributed by atoms with Gasteiger partial charge in [0.2, 0.25) is 0 Å². The summed E-state index contributed by atoms with van der Waals surface area (Å²) >= 11 is 7.11. The first-order valence-electron chi connectivity index (χ1n) is 8.83. The monoisotopic (exact) mass is 399 g/mol. The van der Waals surface area contributed by atoms with Crippen LogP contribution in [-0.4, -0.2) is 40.4 Å². The molecule has 0 aliphatic carbocycles. The van der Waals surface area contributed by atoms with Crippen molar-refractivity contribution in [3.05, 3.63) is 46.3 Å². The first-order valence-corrected chi connectivity index (χ1v) is 10.0. The molecule has 1 saturated heterocycles. The number of carboxylic acid groups (broad SMARTS) is 1. The van der Waals surface area contributed by atoms with Gasteiger partial charge in [-0.05, 0) is 43.5 Å². The SMILES string of the molecule is O=C(O)c1sc2nc(-c3ccc(Cl)cc3)ccc2c1N=CN1CCCCC1. The Morgan fingerprint density at radius 1 is 1.15 bits per heavy atom. The van der Waals surface area contributed by atoms with E-state index in [-0.39, 0.29) is 4.88 Å². The van der Waals surface area contributed by atoms with Crippen molar-refractivity contribution < 1.29 is 9.90 Å². The third kappa shape index (κ3) is 3.82. The highest BCUT2D eigenvalue weighted by molar-refractivity contribution is 7.21. The van der Waals surface area contributed by atoms with Crippen molar-refractivity contribution in [3.63, 3.8) is 0 Å². The fraction of sp³-hybridized carbons (Fsp3) is 0.250. The number of halogens is 1. The van der Waals surface area contributed by atoms with E-state index in [1.54, 1.807) is 6.34 Å². The van der Waals surface area contributed by atoms with Crippen LogP contribution >= 0.6 is 22.9 Å². The van der Waals surface area contributed by atoms with Gasteiger partial charge in [0.15, 0.2) is 0 Å². The average Bonchev–Trinajstić information content (AvgIpc) is 3.06. The number of rotatable bonds is 4. The molecule has 1 aliphatic heterocycles. The number of carbonyl (C=O) groups is 1. The Bertz CT molecular complexity index is 1010. The van der Waals surface area contributed by atoms with Crippen LogP contribution in [0.1, 0.15) is 28.9 Å². The largest absolute Gasteiger partial charge is 0.477 e. The second-order valence-electron chi connectivity index (χ2n) is 6.48. The molecule has 3 heterocycles. The van der Waals surface area contributed by atoms with Gasteiger partial charge in [-0.3, -0.25) is 0 Å². The number of carboxylic acids is 1. The van der Waals surface area contributed by atoms with Crippen molar-refractivity contribution >= 4 is 51.1 Å². The van der Waals surface area contributed by atoms with Crippen LogP contribution in [-0.2, 0) is 0 Å². The smallest absolute Gasteiger partial charge is 0.348 e. The molecule has 0 saturated carbocycles. The molecule has 5 nitrogen and oxygen atoms in total. The van der Waals surface area contributed by atoms with E-state index in [0.29, 0.717) is 15.5 Å². The molecule has 0 spiro atoms. The predicted octanol–water partition coefficient (Wildman–Crippen LogP) is 5.46. The molecular weight excluding hydrogens is 382 g/mol. The van der Waals surface area contributed by atoms with Crippen LogP contribution in [0.3, 0.4) is 0 Å². The quantitative estimate of drug-likeness (QED) is 0.467. The lowest BCUT2D eigenvalue weighted by Crippen LogP contribution is -2.28. The van der Waals surface area contributed by atoms with Crippen molar-refractivity contribution in [1.29, 1.82) is 0 Å². The summed E-state index contributed by atoms with van der Waals surface area (Å²) in [5.41, 5.74) is 2.21. The molecule has 1 aromatic carbocycles. The molecule has 1 N–H and O–H groups in total. The Hall–Kier alpha value is -2.44. The Labute approximate surface area is 165 Å². The summed E-state index contributed by atoms with van der Waals surface area (Å²) < 4.78 is 0. The highest BCUT2D eigenvalue weighted by atomic mass is 35.5. The van der Waals surface area contributed by atoms with Gasteiger partial charge in [0.1, 0.15) is 9.71 Å². The fourth-order valence-corrected chi connectivity index (χ4v) is 4.28. The summed E-state index contributed by atoms with van der Waals surface area (Å²) in [6, 6.07) is 11.2. The number of thiophene rings is 1. The van der Waals surface area contributed by atoms with Crippen LogP contribution in [0, 0.1) is 0 Å². The van der Waals surface area contributed by atoms with E-state index in [1.165, 1.54) is 6.42 Å². The van der Waals surface area contributed by atoms with Gasteiger partial charge in [0, 0.05) is 29.1 Å². The number of benzene rings is 1. The van der Waals surface area contributed by atoms with Crippen molar-refractivity contribution in [1.82, 2.24) is 9.88 Å². The number of fused-ring (bicyclic) bond motifs is 1. The number of piperidine rings is 1. The van der Waals surface area contributed by atoms with Crippen LogP contribution in [0.25, 0.3) is 21.5 Å². The summed E-state index contributed by atoms with van der Waals surface area (Å²) in [7, 11) is 0. The number of hydrogen-bond acceptors (Lipinski definition) is 4. The lowest BCUT2D eigenvalue weighted by molar-refractivity contribution is 0.0703. The Morgan fingerprint density at radius 3 is 2.59 bits per heavy atom. The van der Waals surface area contributed by atoms with Crippen LogP contribution in [0.15, 0.2) is 41.4 Å². The van der Waals surface area contributed by atoms with E-state index in [1.807, 2.05) is 36.4 Å². The normalized spacial score (nSPS) is 14.9. The van der Waals surface area contributed by atoms with Crippen LogP contribution in [0.5, 0.6) is 0 Å². The standard InChI is InChI=1S/C20H18ClN3O2S/c21-14-6-4-13(5-7-14)16-9-8-15-17(18(20(25)26)27-19(15)23-16)22-12-24-10-2-1-3-11-24/h4-9,12H,1-3,10-11H2,(H,25,26). The van der Waals surface area contributed by atoms with Gasteiger partial charge in [-0.15, -0.1) is 11.3 Å². The molecule has 2 aromatic heterocycles. The van der Waals surface area contributed by atoms with E-state index < -0.39 is 5.97 Å². The van der Waals surface area contributed by atoms with Crippen LogP contribution < -0.4 is 0 Å². The number of aromatic nitrogens is 1. The molecule has 4 rings (SSSR count). The molecule has 27 heavy (non-hydrogen) atoms. The zero-order valence-electron chi connectivity index (χ0n) is 14.6. The van der Waals surface area contributed by atoms with Gasteiger partial charge in [-0.25, -0.2) is 14.8 Å². The number of nitrogens with zero attached hydrogens (tertiary/aromatic N) is 3. The van der Waals surface area contributed by atoms with Gasteiger partial charge >= 0.3 is 5.97 Å². The zero-order valence-corrected chi connectivity index (χ0v) is 16.1. The van der Waals surface area contributed by atoms with E-state index in [9.17, 15) is 9.90 Å². The Morgan fingerprint density at radius 2 is 1.89 bits per heavy atom. The molecule has 3 aromatic rings. The second kappa shape index (κ2) is 7.66. The minimum atomic E-state index is -0.975. The van der Waals surface area contributed by atoms with Gasteiger partial charge in [-0.1, -0.05) is 23.7 Å². The van der Waals surface area contributed by atoms with Gasteiger partial charge in [-0.2, -0.15) is 0 Å². The third-order valence-corrected chi connectivity index (χ3v) is 5.93. The Balaban J connectivity index is 1.73. The molecular formula is C20H18ClN3O2S. The minimum absolute atomic E-state index is 0.221. The first-order chi connectivity index (χ1) is 13.1. The highest BCUT2D eigenvalue weighted by Crippen LogP contribution is 2.38. The zero-order chi connectivity index (χ0) is 18.8. The molecule has 1 fully saturated rings. The van der Waals surface area contributed by atoms with E-state index >= 15 is 0 Å². The second-order valence-corrected chi connectivity index (χ2v) is 7.92. The maximum absolute atomic E-state index is 11.7. The molecule has 0 radical (unpaired) electrons. The number of aliphatic imine (C=N–C) groups is 1. The van der Waals surface area contributed by atoms with Crippen molar-refractivity contribution in [2.45, 2.75) is 19.3 Å². The summed E-state index contributed by atoms with van der Waals surface area (Å²) in [5.74, 6) is -0.975. The number of hydrogen-bond donors (Lipinski definition) is 1. The van der Waals surface area contributed by atoms with Crippen LogP contribution in [0.4, 0.5) is 5.69 Å². The number of aromatic carboxylic acids is 1. The molecule has 0 unspecified atom stereocenters. The lowest BCUT2D eigenvalue weighted by atomic mass is 10.1. The molecule has 0 amide bonds. The maximum atomic E-state index is 11.7. The molecule has 7 heteroatoms. The first kappa shape index (κ1) is 17.9. The van der Waals surface area contributed by atoms with E-state index in [4.69, 9.17) is 11.6 Å². The predicted molar refractivity (Wildman–Crippen MR) is 111 cm³/mol. The molecule has 1 aliphatic rings. The van der Waals surface area contributed by atoms with Crippen LogP contribution in [0.2, 0.25) is 5.02 Å². The summed E-state index contributed by atoms with van der Waals surface area (Å²) in [6.07, 6.45) is 5.31. The fourth-order valence-electron chi connectivity index (χ4n) is 3.19. The molecule has 138 valence electrons. The third-order valence-electron chi connectivity index (χ3n) is 4.60. The average molecular weight is 400 g/mol. The van der Waals surface area contributed by atoms with Gasteiger partial charge < -0.3 is 10.0 Å². The number of likely N-dealkylation sites (tertiary alicyclic amines) is 1. The van der Waals surface area contributed by atoms with E-state index in [0.717, 1.165) is 53.9 Å². The van der Waals surface area contributed by atoms with Gasteiger partial charge in [0.05, 0.1) is 17.7 Å². The summed E-state index contributed by atoms with van der Waals surface area (Å²) in [4.78, 5) is 23.9. The minimum Gasteiger partial charge on any atom is -0.477 e. The highest BCUT2D eigenvalue weighted by Gasteiger charge is 2.19. The molecule has 0 atom stereocenters. The molecule has 0 bridgehead atoms. The topological polar surface area (TPSA) is 65.8 Å². The van der Waals surface area contributed by atoms with E-state index in [2.05, 4.69) is 14.9 Å². The van der Waals surface area contributed by atoms with Crippen molar-refractivity contribution in [2.24, 2.45) is 4.99 Å². The lowest BCUT2D eigenvalue weighted by Gasteiger charge is -2.23. The Kier molecular flexibility index (Phi) is 5.09.